The molecule has 2 fully saturated rings. The molecule has 1 saturated heterocycles. The van der Waals surface area contributed by atoms with Crippen LogP contribution >= 0.6 is 0 Å². The van der Waals surface area contributed by atoms with E-state index in [1.54, 1.807) is 4.90 Å². The minimum absolute atomic E-state index is 0.0144. The molecule has 0 bridgehead atoms. The molecule has 1 aliphatic heterocycles. The van der Waals surface area contributed by atoms with Gasteiger partial charge in [0.05, 0.1) is 11.0 Å². The Bertz CT molecular complexity index is 649. The topological polar surface area (TPSA) is 49.8 Å². The molecule has 0 atom stereocenters. The molecular weight excluding hydrogens is 347 g/mol. The van der Waals surface area contributed by atoms with Crippen molar-refractivity contribution in [3.8, 4) is 5.75 Å². The van der Waals surface area contributed by atoms with Crippen LogP contribution in [0.5, 0.6) is 5.75 Å². The lowest BCUT2D eigenvalue weighted by molar-refractivity contribution is -0.274. The number of hydrogen-bond acceptors (Lipinski definition) is 3. The number of amides is 1. The molecule has 1 amide bonds. The van der Waals surface area contributed by atoms with Crippen molar-refractivity contribution in [1.29, 1.82) is 0 Å². The van der Waals surface area contributed by atoms with Crippen molar-refractivity contribution in [1.82, 2.24) is 0 Å². The Hall–Kier alpha value is -1.76. The highest BCUT2D eigenvalue weighted by atomic mass is 19.4. The Balaban J connectivity index is 1.68. The molecule has 2 aliphatic rings. The van der Waals surface area contributed by atoms with Crippen LogP contribution in [0.1, 0.15) is 51.9 Å². The molecule has 4 nitrogen and oxygen atoms in total. The quantitative estimate of drug-likeness (QED) is 0.853. The van der Waals surface area contributed by atoms with Crippen LogP contribution in [0.3, 0.4) is 0 Å². The first-order valence-electron chi connectivity index (χ1n) is 9.07. The smallest absolute Gasteiger partial charge is 0.406 e. The molecule has 1 aromatic carbocycles. The third kappa shape index (κ3) is 3.82. The van der Waals surface area contributed by atoms with E-state index in [2.05, 4.69) is 4.74 Å². The summed E-state index contributed by atoms with van der Waals surface area (Å²) in [5, 5.41) is 10.6. The maximum atomic E-state index is 13.0. The van der Waals surface area contributed by atoms with Crippen LogP contribution < -0.4 is 9.64 Å². The van der Waals surface area contributed by atoms with E-state index in [1.807, 2.05) is 6.92 Å². The summed E-state index contributed by atoms with van der Waals surface area (Å²) in [6.07, 6.45) is 0.221. The Labute approximate surface area is 150 Å². The number of hydrogen-bond donors (Lipinski definition) is 1. The third-order valence-corrected chi connectivity index (χ3v) is 5.75. The fourth-order valence-corrected chi connectivity index (χ4v) is 4.27. The summed E-state index contributed by atoms with van der Waals surface area (Å²) in [5.74, 6) is -0.287. The van der Waals surface area contributed by atoms with Gasteiger partial charge in [0.2, 0.25) is 5.91 Å². The number of anilines is 1. The zero-order chi connectivity index (χ0) is 19.0. The van der Waals surface area contributed by atoms with E-state index >= 15 is 0 Å². The number of carbonyl (C=O) groups excluding carboxylic acids is 1. The normalized spacial score (nSPS) is 29.4. The molecule has 3 rings (SSSR count). The van der Waals surface area contributed by atoms with Gasteiger partial charge in [0.25, 0.3) is 0 Å². The van der Waals surface area contributed by atoms with Crippen LogP contribution in [0.4, 0.5) is 18.9 Å². The summed E-state index contributed by atoms with van der Waals surface area (Å²) in [6, 6.07) is 5.41. The third-order valence-electron chi connectivity index (χ3n) is 5.75. The van der Waals surface area contributed by atoms with E-state index < -0.39 is 17.4 Å². The fraction of sp³-hybridized carbons (Fsp3) is 0.632. The number of halogens is 3. The van der Waals surface area contributed by atoms with Gasteiger partial charge in [0.1, 0.15) is 5.75 Å². The second kappa shape index (κ2) is 6.76. The van der Waals surface area contributed by atoms with Gasteiger partial charge >= 0.3 is 6.36 Å². The van der Waals surface area contributed by atoms with Gasteiger partial charge in [-0.25, -0.2) is 0 Å². The molecule has 1 saturated carbocycles. The predicted molar refractivity (Wildman–Crippen MR) is 90.9 cm³/mol. The van der Waals surface area contributed by atoms with E-state index in [0.29, 0.717) is 37.9 Å². The number of benzene rings is 1. The summed E-state index contributed by atoms with van der Waals surface area (Å²) in [6.45, 7) is 2.58. The highest BCUT2D eigenvalue weighted by Crippen LogP contribution is 2.49. The lowest BCUT2D eigenvalue weighted by Crippen LogP contribution is -2.43. The molecule has 26 heavy (non-hydrogen) atoms. The summed E-state index contributed by atoms with van der Waals surface area (Å²) in [5.41, 5.74) is -0.526. The molecule has 0 aromatic heterocycles. The maximum Gasteiger partial charge on any atom is 0.573 e. The molecule has 1 spiro atoms. The number of carbonyl (C=O) groups is 1. The number of alkyl halides is 3. The maximum absolute atomic E-state index is 13.0. The first-order chi connectivity index (χ1) is 12.2. The number of ether oxygens (including phenoxy) is 1. The average molecular weight is 371 g/mol. The van der Waals surface area contributed by atoms with Gasteiger partial charge in [-0.1, -0.05) is 13.3 Å². The zero-order valence-electron chi connectivity index (χ0n) is 14.8. The molecule has 0 radical (unpaired) electrons. The van der Waals surface area contributed by atoms with Crippen molar-refractivity contribution in [2.45, 2.75) is 63.8 Å². The minimum atomic E-state index is -4.73. The molecule has 1 aromatic rings. The molecular formula is C19H24F3NO3. The molecule has 0 unspecified atom stereocenters. The number of aliphatic hydroxyl groups is 1. The van der Waals surface area contributed by atoms with Gasteiger partial charge in [-0.05, 0) is 62.8 Å². The van der Waals surface area contributed by atoms with Gasteiger partial charge in [0, 0.05) is 12.2 Å². The van der Waals surface area contributed by atoms with E-state index in [1.165, 1.54) is 24.3 Å². The number of nitrogens with zero attached hydrogens (tertiary/aromatic N) is 1. The van der Waals surface area contributed by atoms with Crippen LogP contribution in [0.25, 0.3) is 0 Å². The standard InChI is InChI=1S/C19H24F3NO3/c1-2-7-18(25)10-8-17(9-11-18)12-13-23(16(17)24)14-3-5-15(6-4-14)26-19(20,21)22/h3-6,25H,2,7-13H2,1H3/t17-,18-. The summed E-state index contributed by atoms with van der Waals surface area (Å²) in [4.78, 5) is 14.6. The van der Waals surface area contributed by atoms with Gasteiger partial charge in [-0.2, -0.15) is 0 Å². The highest BCUT2D eigenvalue weighted by Gasteiger charge is 2.51. The van der Waals surface area contributed by atoms with E-state index in [-0.39, 0.29) is 11.7 Å². The second-order valence-corrected chi connectivity index (χ2v) is 7.50. The second-order valence-electron chi connectivity index (χ2n) is 7.50. The Kier molecular flexibility index (Phi) is 4.94. The monoisotopic (exact) mass is 371 g/mol. The van der Waals surface area contributed by atoms with Crippen LogP contribution in [0, 0.1) is 5.41 Å². The lowest BCUT2D eigenvalue weighted by atomic mass is 9.67. The predicted octanol–water partition coefficient (Wildman–Crippen LogP) is 4.41. The summed E-state index contributed by atoms with van der Waals surface area (Å²) in [7, 11) is 0. The van der Waals surface area contributed by atoms with E-state index in [0.717, 1.165) is 19.3 Å². The Morgan fingerprint density at radius 2 is 1.73 bits per heavy atom. The molecule has 1 aliphatic carbocycles. The zero-order valence-corrected chi connectivity index (χ0v) is 14.8. The van der Waals surface area contributed by atoms with E-state index in [9.17, 15) is 23.1 Å². The first kappa shape index (κ1) is 19.0. The summed E-state index contributed by atoms with van der Waals surface area (Å²) < 4.78 is 40.6. The van der Waals surface area contributed by atoms with Crippen molar-refractivity contribution in [2.24, 2.45) is 5.41 Å². The van der Waals surface area contributed by atoms with Crippen LogP contribution in [0.15, 0.2) is 24.3 Å². The minimum Gasteiger partial charge on any atom is -0.406 e. The molecule has 1 heterocycles. The molecule has 1 N–H and O–H groups in total. The molecule has 7 heteroatoms. The largest absolute Gasteiger partial charge is 0.573 e. The van der Waals surface area contributed by atoms with Crippen molar-refractivity contribution < 1.29 is 27.8 Å². The van der Waals surface area contributed by atoms with Crippen molar-refractivity contribution in [2.75, 3.05) is 11.4 Å². The van der Waals surface area contributed by atoms with Gasteiger partial charge < -0.3 is 14.7 Å². The Morgan fingerprint density at radius 3 is 2.27 bits per heavy atom. The van der Waals surface area contributed by atoms with Crippen LogP contribution in [0.2, 0.25) is 0 Å². The van der Waals surface area contributed by atoms with Gasteiger partial charge in [-0.15, -0.1) is 13.2 Å². The SMILES string of the molecule is CCC[C@]1(O)CC[C@@]2(CCN(c3ccc(OC(F)(F)F)cc3)C2=O)CC1. The lowest BCUT2D eigenvalue weighted by Gasteiger charge is -2.41. The van der Waals surface area contributed by atoms with Gasteiger partial charge in [0.15, 0.2) is 0 Å². The van der Waals surface area contributed by atoms with Gasteiger partial charge in [-0.3, -0.25) is 4.79 Å². The van der Waals surface area contributed by atoms with Crippen molar-refractivity contribution >= 4 is 11.6 Å². The highest BCUT2D eigenvalue weighted by molar-refractivity contribution is 6.00. The van der Waals surface area contributed by atoms with E-state index in [4.69, 9.17) is 0 Å². The first-order valence-corrected chi connectivity index (χ1v) is 9.07. The molecule has 144 valence electrons. The van der Waals surface area contributed by atoms with Crippen LogP contribution in [-0.4, -0.2) is 29.5 Å². The van der Waals surface area contributed by atoms with Crippen molar-refractivity contribution in [3.05, 3.63) is 24.3 Å². The summed E-state index contributed by atoms with van der Waals surface area (Å²) >= 11 is 0. The van der Waals surface area contributed by atoms with Crippen LogP contribution in [-0.2, 0) is 4.79 Å². The number of rotatable bonds is 4. The van der Waals surface area contributed by atoms with Crippen molar-refractivity contribution in [3.63, 3.8) is 0 Å². The Morgan fingerprint density at radius 1 is 1.12 bits per heavy atom. The average Bonchev–Trinajstić information content (AvgIpc) is 2.88. The fourth-order valence-electron chi connectivity index (χ4n) is 4.27.